The van der Waals surface area contributed by atoms with Gasteiger partial charge >= 0.3 is 11.9 Å². The van der Waals surface area contributed by atoms with Crippen molar-refractivity contribution in [2.45, 2.75) is 17.2 Å². The number of benzene rings is 2. The number of aromatic nitrogens is 2. The summed E-state index contributed by atoms with van der Waals surface area (Å²) in [6, 6.07) is 14.5. The second-order valence-electron chi connectivity index (χ2n) is 8.29. The number of nitrogens with zero attached hydrogens (tertiary/aromatic N) is 2. The molecule has 0 radical (unpaired) electrons. The van der Waals surface area contributed by atoms with E-state index in [4.69, 9.17) is 25.9 Å². The number of ether oxygens (including phenoxy) is 4. The Morgan fingerprint density at radius 2 is 1.17 bits per heavy atom. The Kier molecular flexibility index (Phi) is 15.4. The molecule has 248 valence electrons. The molecule has 3 N–H and O–H groups in total. The molecule has 0 unspecified atom stereocenters. The van der Waals surface area contributed by atoms with Crippen molar-refractivity contribution in [1.29, 1.82) is 0 Å². The summed E-state index contributed by atoms with van der Waals surface area (Å²) < 4.78 is 68.2. The largest absolute Gasteiger partial charge is 0.495 e. The topological polar surface area (TPSA) is 203 Å². The first-order valence-corrected chi connectivity index (χ1v) is 16.1. The number of nitrogens with one attached hydrogen (secondary N) is 1. The van der Waals surface area contributed by atoms with Crippen LogP contribution in [-0.4, -0.2) is 67.2 Å². The summed E-state index contributed by atoms with van der Waals surface area (Å²) in [5, 5.41) is 0. The average Bonchev–Trinajstić information content (AvgIpc) is 3.04. The number of carbonyl (C=O) groups is 2. The molecule has 4 rings (SSSR count). The fourth-order valence-corrected chi connectivity index (χ4v) is 5.57. The molecule has 46 heavy (non-hydrogen) atoms. The van der Waals surface area contributed by atoms with Crippen LogP contribution in [0.15, 0.2) is 95.2 Å². The summed E-state index contributed by atoms with van der Waals surface area (Å²) in [6.07, 6.45) is 5.96. The van der Waals surface area contributed by atoms with Crippen LogP contribution in [0, 0.1) is 0 Å². The number of sulfonamides is 1. The molecule has 2 aromatic carbocycles. The van der Waals surface area contributed by atoms with Crippen molar-refractivity contribution < 1.29 is 45.4 Å². The Balaban J connectivity index is 0.000000377. The molecule has 0 saturated heterocycles. The molecule has 0 aliphatic rings. The van der Waals surface area contributed by atoms with E-state index in [1.54, 1.807) is 31.6 Å². The maximum Gasteiger partial charge on any atom is 0.339 e. The van der Waals surface area contributed by atoms with Gasteiger partial charge in [-0.3, -0.25) is 14.7 Å². The number of esters is 2. The van der Waals surface area contributed by atoms with Gasteiger partial charge in [0, 0.05) is 22.8 Å². The van der Waals surface area contributed by atoms with Gasteiger partial charge in [0.25, 0.3) is 19.1 Å². The van der Waals surface area contributed by atoms with Crippen LogP contribution in [0.3, 0.4) is 0 Å². The van der Waals surface area contributed by atoms with Gasteiger partial charge in [-0.1, -0.05) is 31.7 Å². The normalized spacial score (nSPS) is 10.3. The third kappa shape index (κ3) is 11.5. The molecule has 0 bridgehead atoms. The number of pyridine rings is 2. The first kappa shape index (κ1) is 39.1. The molecular weight excluding hydrogens is 664 g/mol. The van der Waals surface area contributed by atoms with Crippen LogP contribution in [0.5, 0.6) is 11.5 Å². The molecule has 0 aliphatic carbocycles. The first-order valence-electron chi connectivity index (χ1n) is 12.3. The van der Waals surface area contributed by atoms with Crippen LogP contribution in [0.25, 0.3) is 0 Å². The van der Waals surface area contributed by atoms with Crippen molar-refractivity contribution in [1.82, 2.24) is 9.97 Å². The van der Waals surface area contributed by atoms with Gasteiger partial charge in [-0.25, -0.2) is 26.4 Å². The number of nitrogens with two attached hydrogens (primary N) is 1. The number of anilines is 2. The molecule has 14 nitrogen and oxygen atoms in total. The second kappa shape index (κ2) is 18.1. The molecule has 0 saturated carbocycles. The van der Waals surface area contributed by atoms with Crippen molar-refractivity contribution in [3.8, 4) is 11.5 Å². The number of methoxy groups -OCH3 is 4. The lowest BCUT2D eigenvalue weighted by Gasteiger charge is -2.11. The highest BCUT2D eigenvalue weighted by Crippen LogP contribution is 2.22. The minimum Gasteiger partial charge on any atom is -0.495 e. The number of nitrogen functional groups attached to an aromatic ring is 1. The van der Waals surface area contributed by atoms with E-state index in [-0.39, 0.29) is 34.0 Å². The van der Waals surface area contributed by atoms with Gasteiger partial charge in [0.1, 0.15) is 16.4 Å². The summed E-state index contributed by atoms with van der Waals surface area (Å²) in [5.41, 5.74) is 6.12. The van der Waals surface area contributed by atoms with Gasteiger partial charge < -0.3 is 24.7 Å². The number of carbonyl (C=O) groups excluding carboxylic acids is 2. The molecule has 0 atom stereocenters. The van der Waals surface area contributed by atoms with Gasteiger partial charge in [-0.05, 0) is 24.3 Å². The summed E-state index contributed by atoms with van der Waals surface area (Å²) in [6.45, 7) is 0. The fourth-order valence-electron chi connectivity index (χ4n) is 3.28. The highest BCUT2D eigenvalue weighted by molar-refractivity contribution is 8.13. The van der Waals surface area contributed by atoms with E-state index in [1.165, 1.54) is 82.3 Å². The predicted octanol–water partition coefficient (Wildman–Crippen LogP) is 4.39. The maximum atomic E-state index is 12.5. The van der Waals surface area contributed by atoms with Crippen LogP contribution >= 0.6 is 10.7 Å². The van der Waals surface area contributed by atoms with Gasteiger partial charge in [0.05, 0.1) is 80.6 Å². The van der Waals surface area contributed by atoms with Crippen LogP contribution < -0.4 is 19.9 Å². The van der Waals surface area contributed by atoms with Crippen LogP contribution in [0.2, 0.25) is 0 Å². The minimum atomic E-state index is -3.97. The molecular formula is C29H33ClN4O10S2. The fraction of sp³-hybridized carbons (Fsp3) is 0.172. The van der Waals surface area contributed by atoms with E-state index in [0.717, 1.165) is 0 Å². The zero-order valence-electron chi connectivity index (χ0n) is 24.3. The minimum absolute atomic E-state index is 0. The van der Waals surface area contributed by atoms with Crippen LogP contribution in [-0.2, 0) is 28.5 Å². The van der Waals surface area contributed by atoms with E-state index in [1.807, 2.05) is 0 Å². The Bertz CT molecular complexity index is 1840. The molecule has 2 heterocycles. The van der Waals surface area contributed by atoms with Crippen molar-refractivity contribution in [2.75, 3.05) is 38.9 Å². The molecule has 0 aliphatic heterocycles. The van der Waals surface area contributed by atoms with Crippen molar-refractivity contribution >= 4 is 53.1 Å². The van der Waals surface area contributed by atoms with Crippen LogP contribution in [0.4, 0.5) is 11.4 Å². The van der Waals surface area contributed by atoms with Crippen LogP contribution in [0.1, 0.15) is 28.1 Å². The SMILES string of the molecule is C.COC(=O)c1ccccc1S(=O)(=O)Cl.COC(=O)c1ccccc1S(=O)(=O)Nc1cncc(OC)c1.COc1cncc(N)c1. The van der Waals surface area contributed by atoms with Gasteiger partial charge in [-0.2, -0.15) is 0 Å². The molecule has 0 spiro atoms. The monoisotopic (exact) mass is 696 g/mol. The average molecular weight is 697 g/mol. The van der Waals surface area contributed by atoms with Gasteiger partial charge in [-0.15, -0.1) is 0 Å². The number of hydrogen-bond donors (Lipinski definition) is 2. The molecule has 0 amide bonds. The molecule has 17 heteroatoms. The van der Waals surface area contributed by atoms with Crippen molar-refractivity contribution in [2.24, 2.45) is 0 Å². The second-order valence-corrected chi connectivity index (χ2v) is 12.5. The summed E-state index contributed by atoms with van der Waals surface area (Å²) in [5.74, 6) is -0.369. The standard InChI is InChI=1S/C14H14N2O5S.C8H7ClO4S.C6H8N2O.CH4/c1-20-11-7-10(8-15-9-11)16-22(18,19)13-6-4-3-5-12(13)14(17)21-2;1-13-8(10)6-4-2-3-5-7(6)14(9,11)12;1-9-6-2-5(7)3-8-4-6;/h3-9,16H,1-2H3;2-5H,1H3;2-4H,7H2,1H3;1H4. The molecule has 2 aromatic heterocycles. The van der Waals surface area contributed by atoms with Crippen molar-refractivity contribution in [3.63, 3.8) is 0 Å². The van der Waals surface area contributed by atoms with E-state index in [0.29, 0.717) is 17.2 Å². The first-order chi connectivity index (χ1) is 21.3. The maximum absolute atomic E-state index is 12.5. The van der Waals surface area contributed by atoms with E-state index < -0.39 is 31.0 Å². The highest BCUT2D eigenvalue weighted by Gasteiger charge is 2.23. The van der Waals surface area contributed by atoms with Gasteiger partial charge in [0.2, 0.25) is 0 Å². The third-order valence-electron chi connectivity index (χ3n) is 5.31. The lowest BCUT2D eigenvalue weighted by atomic mass is 10.2. The Morgan fingerprint density at radius 3 is 1.63 bits per heavy atom. The third-order valence-corrected chi connectivity index (χ3v) is 8.13. The quantitative estimate of drug-likeness (QED) is 0.194. The summed E-state index contributed by atoms with van der Waals surface area (Å²) in [4.78, 5) is 30.1. The smallest absolute Gasteiger partial charge is 0.339 e. The highest BCUT2D eigenvalue weighted by atomic mass is 35.7. The molecule has 4 aromatic rings. The summed E-state index contributed by atoms with van der Waals surface area (Å²) in [7, 11) is 2.62. The Labute approximate surface area is 271 Å². The number of halogens is 1. The van der Waals surface area contributed by atoms with E-state index in [9.17, 15) is 26.4 Å². The Hall–Kier alpha value is -4.93. The van der Waals surface area contributed by atoms with E-state index in [2.05, 4.69) is 24.2 Å². The van der Waals surface area contributed by atoms with E-state index >= 15 is 0 Å². The molecule has 0 fully saturated rings. The number of hydrogen-bond acceptors (Lipinski definition) is 13. The lowest BCUT2D eigenvalue weighted by Crippen LogP contribution is -2.17. The zero-order chi connectivity index (χ0) is 33.6. The zero-order valence-corrected chi connectivity index (χ0v) is 26.7. The lowest BCUT2D eigenvalue weighted by molar-refractivity contribution is 0.0587. The number of rotatable bonds is 8. The Morgan fingerprint density at radius 1 is 0.717 bits per heavy atom. The van der Waals surface area contributed by atoms with Crippen molar-refractivity contribution in [3.05, 3.63) is 96.6 Å². The predicted molar refractivity (Wildman–Crippen MR) is 172 cm³/mol. The summed E-state index contributed by atoms with van der Waals surface area (Å²) >= 11 is 0. The van der Waals surface area contributed by atoms with Gasteiger partial charge in [0.15, 0.2) is 0 Å².